The molecule has 0 aliphatic carbocycles. The summed E-state index contributed by atoms with van der Waals surface area (Å²) in [5, 5.41) is 12.5. The van der Waals surface area contributed by atoms with Crippen molar-refractivity contribution in [1.82, 2.24) is 14.8 Å². The zero-order valence-corrected chi connectivity index (χ0v) is 15.8. The maximum Gasteiger partial charge on any atom is 0.274 e. The number of carbonyl (C=O) groups is 2. The van der Waals surface area contributed by atoms with E-state index in [0.717, 1.165) is 6.20 Å². The fourth-order valence-electron chi connectivity index (χ4n) is 3.70. The molecule has 4 rings (SSSR count). The highest BCUT2D eigenvalue weighted by atomic mass is 19.1. The monoisotopic (exact) mass is 437 g/mol. The lowest BCUT2D eigenvalue weighted by Gasteiger charge is -2.34. The lowest BCUT2D eigenvalue weighted by molar-refractivity contribution is 0.0687. The highest BCUT2D eigenvalue weighted by Crippen LogP contribution is 2.32. The van der Waals surface area contributed by atoms with E-state index in [9.17, 15) is 37.1 Å². The van der Waals surface area contributed by atoms with E-state index in [1.54, 1.807) is 0 Å². The maximum atomic E-state index is 14.0. The summed E-state index contributed by atoms with van der Waals surface area (Å²) in [5.74, 6) is -6.83. The van der Waals surface area contributed by atoms with Gasteiger partial charge < -0.3 is 19.9 Å². The Bertz CT molecular complexity index is 1180. The molecular weight excluding hydrogens is 422 g/mol. The lowest BCUT2D eigenvalue weighted by Crippen LogP contribution is -2.44. The van der Waals surface area contributed by atoms with Crippen LogP contribution in [0.5, 0.6) is 5.75 Å². The second-order valence-electron chi connectivity index (χ2n) is 7.23. The molecule has 0 fully saturated rings. The first-order valence-corrected chi connectivity index (χ1v) is 9.21. The third kappa shape index (κ3) is 3.56. The number of nitrogens with one attached hydrogen (secondary N) is 1. The molecular formula is C20H15F4N3O4. The minimum absolute atomic E-state index is 0.0220. The minimum atomic E-state index is -1.23. The van der Waals surface area contributed by atoms with Gasteiger partial charge in [-0.05, 0) is 6.08 Å². The average Bonchev–Trinajstić information content (AvgIpc) is 2.87. The van der Waals surface area contributed by atoms with Gasteiger partial charge >= 0.3 is 0 Å². The Morgan fingerprint density at radius 2 is 1.84 bits per heavy atom. The van der Waals surface area contributed by atoms with Crippen molar-refractivity contribution in [3.8, 4) is 5.75 Å². The van der Waals surface area contributed by atoms with Crippen LogP contribution in [0.15, 0.2) is 35.0 Å². The predicted molar refractivity (Wildman–Crippen MR) is 98.6 cm³/mol. The molecule has 2 aromatic rings. The van der Waals surface area contributed by atoms with Crippen molar-refractivity contribution in [1.29, 1.82) is 0 Å². The number of nitrogens with zero attached hydrogens (tertiary/aromatic N) is 2. The van der Waals surface area contributed by atoms with E-state index in [-0.39, 0.29) is 25.2 Å². The van der Waals surface area contributed by atoms with Crippen LogP contribution in [0.25, 0.3) is 0 Å². The molecule has 2 N–H and O–H groups in total. The molecule has 0 saturated heterocycles. The molecule has 1 atom stereocenters. The van der Waals surface area contributed by atoms with Crippen molar-refractivity contribution < 1.29 is 32.3 Å². The van der Waals surface area contributed by atoms with Gasteiger partial charge in [0.25, 0.3) is 11.8 Å². The van der Waals surface area contributed by atoms with Gasteiger partial charge in [0.05, 0.1) is 11.9 Å². The Hall–Kier alpha value is -3.63. The first kappa shape index (κ1) is 20.6. The van der Waals surface area contributed by atoms with E-state index in [4.69, 9.17) is 0 Å². The summed E-state index contributed by atoms with van der Waals surface area (Å²) < 4.78 is 55.7. The molecule has 31 heavy (non-hydrogen) atoms. The molecule has 11 heteroatoms. The second kappa shape index (κ2) is 7.56. The van der Waals surface area contributed by atoms with Gasteiger partial charge in [-0.25, -0.2) is 17.6 Å². The van der Waals surface area contributed by atoms with Crippen molar-refractivity contribution in [2.45, 2.75) is 19.0 Å². The van der Waals surface area contributed by atoms with E-state index in [0.29, 0.717) is 12.1 Å². The number of aromatic nitrogens is 1. The SMILES string of the molecule is O=C(NCc1c(F)cc(F)cc1F)c1cn2c(c(O)c1=O)C(=O)N1CC=C(F)CC2C1. The number of amides is 2. The Morgan fingerprint density at radius 3 is 2.52 bits per heavy atom. The normalized spacial score (nSPS) is 17.7. The smallest absolute Gasteiger partial charge is 0.274 e. The number of hydrogen-bond donors (Lipinski definition) is 2. The molecule has 1 unspecified atom stereocenters. The third-order valence-corrected chi connectivity index (χ3v) is 5.26. The summed E-state index contributed by atoms with van der Waals surface area (Å²) in [6.07, 6.45) is 2.12. The van der Waals surface area contributed by atoms with Crippen LogP contribution < -0.4 is 10.7 Å². The Balaban J connectivity index is 1.68. The first-order chi connectivity index (χ1) is 14.7. The molecule has 2 aliphatic heterocycles. The molecule has 0 saturated carbocycles. The van der Waals surface area contributed by atoms with Crippen molar-refractivity contribution in [3.63, 3.8) is 0 Å². The van der Waals surface area contributed by atoms with E-state index in [1.165, 1.54) is 15.5 Å². The predicted octanol–water partition coefficient (Wildman–Crippen LogP) is 2.16. The fourth-order valence-corrected chi connectivity index (χ4v) is 3.70. The van der Waals surface area contributed by atoms with Crippen molar-refractivity contribution in [2.24, 2.45) is 0 Å². The van der Waals surface area contributed by atoms with E-state index >= 15 is 0 Å². The van der Waals surface area contributed by atoms with Gasteiger partial charge in [0.2, 0.25) is 5.43 Å². The molecule has 162 valence electrons. The highest BCUT2D eigenvalue weighted by Gasteiger charge is 2.37. The molecule has 3 heterocycles. The Labute approximate surface area is 172 Å². The number of carbonyl (C=O) groups excluding carboxylic acids is 2. The number of aromatic hydroxyl groups is 1. The lowest BCUT2D eigenvalue weighted by atomic mass is 10.1. The summed E-state index contributed by atoms with van der Waals surface area (Å²) in [7, 11) is 0. The molecule has 1 aromatic heterocycles. The summed E-state index contributed by atoms with van der Waals surface area (Å²) in [6.45, 7) is -0.622. The number of hydrogen-bond acceptors (Lipinski definition) is 4. The summed E-state index contributed by atoms with van der Waals surface area (Å²) in [6, 6.07) is 0.210. The maximum absolute atomic E-state index is 14.0. The van der Waals surface area contributed by atoms with Crippen LogP contribution in [-0.2, 0) is 6.54 Å². The quantitative estimate of drug-likeness (QED) is 0.720. The van der Waals surface area contributed by atoms with Crippen LogP contribution in [0.1, 0.15) is 38.9 Å². The van der Waals surface area contributed by atoms with Crippen molar-refractivity contribution >= 4 is 11.8 Å². The zero-order chi connectivity index (χ0) is 22.4. The zero-order valence-electron chi connectivity index (χ0n) is 15.8. The number of fused-ring (bicyclic) bond motifs is 4. The molecule has 0 radical (unpaired) electrons. The van der Waals surface area contributed by atoms with Gasteiger partial charge in [-0.3, -0.25) is 14.4 Å². The summed E-state index contributed by atoms with van der Waals surface area (Å²) >= 11 is 0. The molecule has 1 aromatic carbocycles. The van der Waals surface area contributed by atoms with Crippen LogP contribution in [0.2, 0.25) is 0 Å². The molecule has 2 bridgehead atoms. The highest BCUT2D eigenvalue weighted by molar-refractivity contribution is 5.99. The minimum Gasteiger partial charge on any atom is -0.503 e. The van der Waals surface area contributed by atoms with Crippen LogP contribution in [0, 0.1) is 17.5 Å². The van der Waals surface area contributed by atoms with E-state index in [1.807, 2.05) is 0 Å². The van der Waals surface area contributed by atoms with Gasteiger partial charge in [0.1, 0.15) is 23.0 Å². The average molecular weight is 437 g/mol. The number of halogens is 4. The summed E-state index contributed by atoms with van der Waals surface area (Å²) in [5.41, 5.74) is -2.75. The molecule has 2 aliphatic rings. The topological polar surface area (TPSA) is 91.6 Å². The van der Waals surface area contributed by atoms with Gasteiger partial charge in [-0.1, -0.05) is 0 Å². The van der Waals surface area contributed by atoms with Crippen LogP contribution in [0.3, 0.4) is 0 Å². The van der Waals surface area contributed by atoms with Gasteiger partial charge in [0, 0.05) is 49.9 Å². The van der Waals surface area contributed by atoms with Crippen molar-refractivity contribution in [3.05, 3.63) is 74.7 Å². The largest absolute Gasteiger partial charge is 0.503 e. The number of allylic oxidation sites excluding steroid dienone is 1. The van der Waals surface area contributed by atoms with Crippen LogP contribution >= 0.6 is 0 Å². The Kier molecular flexibility index (Phi) is 5.03. The van der Waals surface area contributed by atoms with Crippen LogP contribution in [0.4, 0.5) is 17.6 Å². The standard InChI is InChI=1S/C20H15F4N3O4/c21-9-1-2-26-7-11(3-9)27-8-13(17(28)18(29)16(27)20(26)31)19(30)25-6-12-14(23)4-10(22)5-15(12)24/h1,4-5,8,11,29H,2-3,6-7H2,(H,25,30). The molecule has 7 nitrogen and oxygen atoms in total. The third-order valence-electron chi connectivity index (χ3n) is 5.26. The van der Waals surface area contributed by atoms with E-state index in [2.05, 4.69) is 5.32 Å². The van der Waals surface area contributed by atoms with Gasteiger partial charge in [0.15, 0.2) is 11.4 Å². The molecule has 2 amide bonds. The van der Waals surface area contributed by atoms with Crippen molar-refractivity contribution in [2.75, 3.05) is 13.1 Å². The molecule has 0 spiro atoms. The fraction of sp³-hybridized carbons (Fsp3) is 0.250. The summed E-state index contributed by atoms with van der Waals surface area (Å²) in [4.78, 5) is 38.9. The second-order valence-corrected chi connectivity index (χ2v) is 7.23. The number of pyridine rings is 1. The van der Waals surface area contributed by atoms with Crippen LogP contribution in [-0.4, -0.2) is 39.5 Å². The van der Waals surface area contributed by atoms with E-state index < -0.39 is 70.0 Å². The number of rotatable bonds is 3. The van der Waals surface area contributed by atoms with Gasteiger partial charge in [-0.15, -0.1) is 0 Å². The Morgan fingerprint density at radius 1 is 1.16 bits per heavy atom. The first-order valence-electron chi connectivity index (χ1n) is 9.21. The van der Waals surface area contributed by atoms with Gasteiger partial charge in [-0.2, -0.15) is 0 Å². The number of benzene rings is 1.